The van der Waals surface area contributed by atoms with Gasteiger partial charge in [0, 0.05) is 24.6 Å². The van der Waals surface area contributed by atoms with Crippen molar-refractivity contribution in [1.29, 1.82) is 0 Å². The summed E-state index contributed by atoms with van der Waals surface area (Å²) in [6, 6.07) is 6.21. The van der Waals surface area contributed by atoms with E-state index >= 15 is 0 Å². The van der Waals surface area contributed by atoms with E-state index in [-0.39, 0.29) is 24.1 Å². The average molecular weight is 458 g/mol. The van der Waals surface area contributed by atoms with Gasteiger partial charge in [-0.1, -0.05) is 31.9 Å². The molecule has 1 saturated heterocycles. The summed E-state index contributed by atoms with van der Waals surface area (Å²) in [4.78, 5) is 38.3. The first-order valence-corrected chi connectivity index (χ1v) is 12.8. The van der Waals surface area contributed by atoms with Gasteiger partial charge in [-0.15, -0.1) is 9.24 Å². The first-order chi connectivity index (χ1) is 15.4. The SMILES string of the molecule is CC(P)CCCNC1CCCC[C@@H]1Cc1ccc2c(c1)CN(C1CCC(=O)NC1=O)C2=O. The van der Waals surface area contributed by atoms with Crippen molar-refractivity contribution in [3.05, 3.63) is 34.9 Å². The average Bonchev–Trinajstić information content (AvgIpc) is 3.08. The van der Waals surface area contributed by atoms with Crippen molar-refractivity contribution < 1.29 is 14.4 Å². The summed E-state index contributed by atoms with van der Waals surface area (Å²) in [7, 11) is 2.88. The van der Waals surface area contributed by atoms with Crippen LogP contribution in [-0.2, 0) is 22.6 Å². The summed E-state index contributed by atoms with van der Waals surface area (Å²) in [5.41, 5.74) is 3.65. The van der Waals surface area contributed by atoms with Gasteiger partial charge in [-0.3, -0.25) is 19.7 Å². The maximum Gasteiger partial charge on any atom is 0.255 e. The van der Waals surface area contributed by atoms with Crippen molar-refractivity contribution in [2.24, 2.45) is 5.92 Å². The third-order valence-corrected chi connectivity index (χ3v) is 7.57. The smallest absolute Gasteiger partial charge is 0.255 e. The van der Waals surface area contributed by atoms with Crippen LogP contribution >= 0.6 is 9.24 Å². The summed E-state index contributed by atoms with van der Waals surface area (Å²) < 4.78 is 0. The van der Waals surface area contributed by atoms with Gasteiger partial charge < -0.3 is 10.2 Å². The number of carbonyl (C=O) groups excluding carboxylic acids is 3. The number of hydrogen-bond acceptors (Lipinski definition) is 4. The van der Waals surface area contributed by atoms with Crippen LogP contribution in [0.3, 0.4) is 0 Å². The number of carbonyl (C=O) groups is 3. The molecule has 0 bridgehead atoms. The minimum atomic E-state index is -0.549. The Morgan fingerprint density at radius 3 is 2.78 bits per heavy atom. The zero-order chi connectivity index (χ0) is 22.7. The molecule has 3 aliphatic rings. The molecule has 6 nitrogen and oxygen atoms in total. The highest BCUT2D eigenvalue weighted by atomic mass is 31.0. The molecule has 4 rings (SSSR count). The monoisotopic (exact) mass is 457 g/mol. The number of amides is 3. The number of benzene rings is 1. The predicted octanol–water partition coefficient (Wildman–Crippen LogP) is 3.18. The van der Waals surface area contributed by atoms with Crippen molar-refractivity contribution in [2.45, 2.75) is 89.0 Å². The second-order valence-corrected chi connectivity index (χ2v) is 11.0. The molecule has 0 radical (unpaired) electrons. The lowest BCUT2D eigenvalue weighted by atomic mass is 9.80. The van der Waals surface area contributed by atoms with Gasteiger partial charge in [-0.2, -0.15) is 0 Å². The normalized spacial score (nSPS) is 26.8. The summed E-state index contributed by atoms with van der Waals surface area (Å²) in [5.74, 6) is -0.0774. The van der Waals surface area contributed by atoms with Gasteiger partial charge in [0.2, 0.25) is 11.8 Å². The lowest BCUT2D eigenvalue weighted by Crippen LogP contribution is -2.52. The molecular formula is C25H36N3O3P. The van der Waals surface area contributed by atoms with Crippen molar-refractivity contribution in [3.63, 3.8) is 0 Å². The molecule has 4 unspecified atom stereocenters. The standard InChI is InChI=1S/C25H36N3O3P/c1-16(32)5-4-12-26-21-7-3-2-6-18(21)13-17-8-9-20-19(14-17)15-28(25(20)31)22-10-11-23(29)27-24(22)30/h8-9,14,16,18,21-22,26H,2-7,10-13,15,32H2,1H3,(H,27,29,30)/t16?,18-,21?,22?/m1/s1. The fourth-order valence-electron chi connectivity index (χ4n) is 5.49. The Bertz CT molecular complexity index is 872. The van der Waals surface area contributed by atoms with Gasteiger partial charge in [0.15, 0.2) is 0 Å². The maximum absolute atomic E-state index is 12.9. The van der Waals surface area contributed by atoms with E-state index in [0.29, 0.717) is 36.1 Å². The molecule has 2 N–H and O–H groups in total. The number of nitrogens with zero attached hydrogens (tertiary/aromatic N) is 1. The summed E-state index contributed by atoms with van der Waals surface area (Å²) >= 11 is 0. The van der Waals surface area contributed by atoms with Crippen LogP contribution in [0.2, 0.25) is 0 Å². The van der Waals surface area contributed by atoms with Gasteiger partial charge in [0.1, 0.15) is 6.04 Å². The molecule has 5 atom stereocenters. The van der Waals surface area contributed by atoms with Gasteiger partial charge in [0.05, 0.1) is 0 Å². The lowest BCUT2D eigenvalue weighted by molar-refractivity contribution is -0.136. The number of rotatable bonds is 8. The first-order valence-electron chi connectivity index (χ1n) is 12.2. The highest BCUT2D eigenvalue weighted by Crippen LogP contribution is 2.31. The van der Waals surface area contributed by atoms with E-state index in [2.05, 4.69) is 38.9 Å². The largest absolute Gasteiger partial charge is 0.322 e. The Morgan fingerprint density at radius 1 is 1.19 bits per heavy atom. The molecule has 32 heavy (non-hydrogen) atoms. The molecule has 3 amide bonds. The number of nitrogens with one attached hydrogen (secondary N) is 2. The molecule has 2 fully saturated rings. The first kappa shape index (κ1) is 23.4. The quantitative estimate of drug-likeness (QED) is 0.357. The van der Waals surface area contributed by atoms with Gasteiger partial charge in [0.25, 0.3) is 5.91 Å². The Kier molecular flexibility index (Phi) is 7.63. The van der Waals surface area contributed by atoms with E-state index in [1.807, 2.05) is 6.07 Å². The van der Waals surface area contributed by atoms with Crippen LogP contribution in [0.25, 0.3) is 0 Å². The second-order valence-electron chi connectivity index (χ2n) is 9.82. The Morgan fingerprint density at radius 2 is 2.00 bits per heavy atom. The lowest BCUT2D eigenvalue weighted by Gasteiger charge is -2.33. The van der Waals surface area contributed by atoms with Gasteiger partial charge in [-0.05, 0) is 73.8 Å². The Labute approximate surface area is 193 Å². The van der Waals surface area contributed by atoms with Crippen LogP contribution in [0.5, 0.6) is 0 Å². The number of piperidine rings is 1. The predicted molar refractivity (Wildman–Crippen MR) is 128 cm³/mol. The molecule has 0 aromatic heterocycles. The fraction of sp³-hybridized carbons (Fsp3) is 0.640. The second kappa shape index (κ2) is 10.4. The van der Waals surface area contributed by atoms with Crippen LogP contribution in [0.15, 0.2) is 18.2 Å². The van der Waals surface area contributed by atoms with Crippen molar-refractivity contribution >= 4 is 27.0 Å². The zero-order valence-electron chi connectivity index (χ0n) is 19.1. The van der Waals surface area contributed by atoms with Crippen LogP contribution in [0.1, 0.15) is 79.8 Å². The van der Waals surface area contributed by atoms with E-state index in [9.17, 15) is 14.4 Å². The van der Waals surface area contributed by atoms with Crippen LogP contribution in [-0.4, -0.2) is 46.9 Å². The van der Waals surface area contributed by atoms with Crippen molar-refractivity contribution in [1.82, 2.24) is 15.5 Å². The molecule has 174 valence electrons. The van der Waals surface area contributed by atoms with E-state index in [4.69, 9.17) is 0 Å². The number of fused-ring (bicyclic) bond motifs is 1. The van der Waals surface area contributed by atoms with Crippen LogP contribution in [0.4, 0.5) is 0 Å². The minimum absolute atomic E-state index is 0.0958. The van der Waals surface area contributed by atoms with E-state index in [0.717, 1.165) is 18.5 Å². The molecular weight excluding hydrogens is 421 g/mol. The van der Waals surface area contributed by atoms with Crippen molar-refractivity contribution in [2.75, 3.05) is 6.54 Å². The number of hydrogen-bond donors (Lipinski definition) is 2. The van der Waals surface area contributed by atoms with Crippen molar-refractivity contribution in [3.8, 4) is 0 Å². The third-order valence-electron chi connectivity index (χ3n) is 7.24. The maximum atomic E-state index is 12.9. The van der Waals surface area contributed by atoms with E-state index in [1.165, 1.54) is 44.1 Å². The summed E-state index contributed by atoms with van der Waals surface area (Å²) in [6.45, 7) is 3.78. The highest BCUT2D eigenvalue weighted by molar-refractivity contribution is 7.17. The highest BCUT2D eigenvalue weighted by Gasteiger charge is 2.39. The molecule has 2 aliphatic heterocycles. The van der Waals surface area contributed by atoms with Gasteiger partial charge >= 0.3 is 0 Å². The molecule has 2 heterocycles. The molecule has 1 aromatic rings. The van der Waals surface area contributed by atoms with Crippen LogP contribution in [0, 0.1) is 5.92 Å². The molecule has 1 saturated carbocycles. The molecule has 7 heteroatoms. The topological polar surface area (TPSA) is 78.5 Å². The number of imide groups is 1. The van der Waals surface area contributed by atoms with Gasteiger partial charge in [-0.25, -0.2) is 0 Å². The third kappa shape index (κ3) is 5.40. The van der Waals surface area contributed by atoms with Crippen LogP contribution < -0.4 is 10.6 Å². The molecule has 0 spiro atoms. The van der Waals surface area contributed by atoms with E-state index in [1.54, 1.807) is 4.90 Å². The molecule has 1 aromatic carbocycles. The fourth-order valence-corrected chi connectivity index (χ4v) is 5.73. The zero-order valence-corrected chi connectivity index (χ0v) is 20.2. The summed E-state index contributed by atoms with van der Waals surface area (Å²) in [6.07, 6.45) is 9.24. The Hall–Kier alpha value is -1.78. The molecule has 1 aliphatic carbocycles. The summed E-state index contributed by atoms with van der Waals surface area (Å²) in [5, 5.41) is 6.19. The van der Waals surface area contributed by atoms with E-state index < -0.39 is 6.04 Å². The minimum Gasteiger partial charge on any atom is -0.322 e. The Balaban J connectivity index is 1.39.